The van der Waals surface area contributed by atoms with Crippen LogP contribution in [0.15, 0.2) is 59.7 Å². The number of aromatic nitrogens is 2. The van der Waals surface area contributed by atoms with E-state index in [1.54, 1.807) is 36.0 Å². The summed E-state index contributed by atoms with van der Waals surface area (Å²) in [7, 11) is 0. The molecule has 24 heavy (non-hydrogen) atoms. The molecule has 0 saturated heterocycles. The zero-order chi connectivity index (χ0) is 17.1. The van der Waals surface area contributed by atoms with Gasteiger partial charge in [-0.2, -0.15) is 5.10 Å². The van der Waals surface area contributed by atoms with Crippen LogP contribution in [0.1, 0.15) is 27.2 Å². The van der Waals surface area contributed by atoms with E-state index in [9.17, 15) is 9.90 Å². The average Bonchev–Trinajstić information content (AvgIpc) is 2.94. The maximum Gasteiger partial charge on any atom is 0.338 e. The van der Waals surface area contributed by atoms with Crippen molar-refractivity contribution in [2.24, 2.45) is 4.99 Å². The largest absolute Gasteiger partial charge is 0.478 e. The van der Waals surface area contributed by atoms with E-state index < -0.39 is 5.97 Å². The second-order valence-electron chi connectivity index (χ2n) is 5.48. The van der Waals surface area contributed by atoms with Crippen molar-refractivity contribution in [1.82, 2.24) is 9.78 Å². The molecular weight excluding hydrogens is 302 g/mol. The van der Waals surface area contributed by atoms with E-state index in [0.29, 0.717) is 11.3 Å². The van der Waals surface area contributed by atoms with E-state index in [1.807, 2.05) is 43.5 Å². The van der Waals surface area contributed by atoms with Crippen LogP contribution in [0, 0.1) is 13.8 Å². The number of aliphatic imine (C=N–C) groups is 1. The third kappa shape index (κ3) is 3.10. The van der Waals surface area contributed by atoms with E-state index in [1.165, 1.54) is 0 Å². The van der Waals surface area contributed by atoms with Crippen molar-refractivity contribution >= 4 is 17.9 Å². The quantitative estimate of drug-likeness (QED) is 0.741. The lowest BCUT2D eigenvalue weighted by atomic mass is 10.1. The maximum atomic E-state index is 11.4. The Morgan fingerprint density at radius 2 is 1.88 bits per heavy atom. The molecule has 0 unspecified atom stereocenters. The second kappa shape index (κ2) is 6.50. The second-order valence-corrected chi connectivity index (χ2v) is 5.48. The van der Waals surface area contributed by atoms with Gasteiger partial charge in [-0.3, -0.25) is 4.99 Å². The third-order valence-corrected chi connectivity index (χ3v) is 3.76. The molecule has 0 aliphatic rings. The molecule has 1 aromatic heterocycles. The summed E-state index contributed by atoms with van der Waals surface area (Å²) in [6.07, 6.45) is 3.54. The Balaban J connectivity index is 1.95. The fourth-order valence-electron chi connectivity index (χ4n) is 2.49. The van der Waals surface area contributed by atoms with Crippen LogP contribution >= 0.6 is 0 Å². The number of carbonyl (C=O) groups is 1. The molecule has 5 nitrogen and oxygen atoms in total. The van der Waals surface area contributed by atoms with Gasteiger partial charge in [-0.1, -0.05) is 30.3 Å². The first-order chi connectivity index (χ1) is 11.6. The normalized spacial score (nSPS) is 11.1. The molecule has 3 aromatic rings. The summed E-state index contributed by atoms with van der Waals surface area (Å²) in [4.78, 5) is 15.8. The summed E-state index contributed by atoms with van der Waals surface area (Å²) in [5.74, 6) is -0.975. The fourth-order valence-corrected chi connectivity index (χ4v) is 2.49. The van der Waals surface area contributed by atoms with Crippen LogP contribution in [0.2, 0.25) is 0 Å². The Hall–Kier alpha value is -3.21. The minimum atomic E-state index is -0.975. The molecule has 0 fully saturated rings. The Kier molecular flexibility index (Phi) is 4.24. The average molecular weight is 319 g/mol. The van der Waals surface area contributed by atoms with Crippen LogP contribution in [-0.4, -0.2) is 27.1 Å². The van der Waals surface area contributed by atoms with Gasteiger partial charge in [0, 0.05) is 18.0 Å². The number of carboxylic acid groups (broad SMARTS) is 1. The summed E-state index contributed by atoms with van der Waals surface area (Å²) >= 11 is 0. The van der Waals surface area contributed by atoms with Crippen LogP contribution < -0.4 is 0 Å². The topological polar surface area (TPSA) is 67.5 Å². The summed E-state index contributed by atoms with van der Waals surface area (Å²) in [5, 5.41) is 13.8. The van der Waals surface area contributed by atoms with Crippen LogP contribution in [-0.2, 0) is 0 Å². The summed E-state index contributed by atoms with van der Waals surface area (Å²) in [6.45, 7) is 3.66. The molecule has 1 N–H and O–H groups in total. The van der Waals surface area contributed by atoms with E-state index in [-0.39, 0.29) is 5.56 Å². The minimum absolute atomic E-state index is 0.224. The Labute approximate surface area is 139 Å². The predicted molar refractivity (Wildman–Crippen MR) is 93.7 cm³/mol. The summed E-state index contributed by atoms with van der Waals surface area (Å²) in [6, 6.07) is 15.1. The molecule has 5 heteroatoms. The molecule has 3 rings (SSSR count). The first kappa shape index (κ1) is 15.7. The Bertz CT molecular complexity index is 912. The minimum Gasteiger partial charge on any atom is -0.478 e. The van der Waals surface area contributed by atoms with E-state index in [4.69, 9.17) is 0 Å². The number of aryl methyl sites for hydroxylation is 2. The molecule has 0 atom stereocenters. The maximum absolute atomic E-state index is 11.4. The van der Waals surface area contributed by atoms with Crippen molar-refractivity contribution in [3.63, 3.8) is 0 Å². The molecule has 2 aromatic carbocycles. The van der Waals surface area contributed by atoms with Gasteiger partial charge in [-0.15, -0.1) is 0 Å². The molecule has 0 spiro atoms. The lowest BCUT2D eigenvalue weighted by molar-refractivity contribution is 0.0697. The number of aromatic carboxylic acids is 1. The molecule has 0 aliphatic heterocycles. The van der Waals surface area contributed by atoms with Gasteiger partial charge < -0.3 is 5.11 Å². The lowest BCUT2D eigenvalue weighted by Crippen LogP contribution is -2.00. The van der Waals surface area contributed by atoms with Gasteiger partial charge in [0.25, 0.3) is 0 Å². The lowest BCUT2D eigenvalue weighted by Gasteiger charge is -2.03. The van der Waals surface area contributed by atoms with Crippen LogP contribution in [0.25, 0.3) is 5.69 Å². The third-order valence-electron chi connectivity index (χ3n) is 3.76. The molecule has 0 aliphatic carbocycles. The number of para-hydroxylation sites is 1. The Morgan fingerprint density at radius 1 is 1.12 bits per heavy atom. The zero-order valence-electron chi connectivity index (χ0n) is 13.5. The number of nitrogens with zero attached hydrogens (tertiary/aromatic N) is 3. The van der Waals surface area contributed by atoms with Gasteiger partial charge in [-0.25, -0.2) is 9.48 Å². The van der Waals surface area contributed by atoms with Gasteiger partial charge >= 0.3 is 5.97 Å². The summed E-state index contributed by atoms with van der Waals surface area (Å²) < 4.78 is 1.78. The smallest absolute Gasteiger partial charge is 0.338 e. The number of hydrogen-bond acceptors (Lipinski definition) is 3. The van der Waals surface area contributed by atoms with Gasteiger partial charge in [-0.05, 0) is 37.6 Å². The SMILES string of the molecule is Cc1cccc(N=Cc2cn(-c3ccccc3)nc2C)c1C(=O)O. The van der Waals surface area contributed by atoms with Gasteiger partial charge in [0.15, 0.2) is 0 Å². The number of rotatable bonds is 4. The van der Waals surface area contributed by atoms with E-state index in [2.05, 4.69) is 10.1 Å². The van der Waals surface area contributed by atoms with E-state index >= 15 is 0 Å². The van der Waals surface area contributed by atoms with Crippen molar-refractivity contribution in [3.8, 4) is 5.69 Å². The number of benzene rings is 2. The summed E-state index contributed by atoms with van der Waals surface area (Å²) in [5.41, 5.74) is 3.98. The van der Waals surface area contributed by atoms with Crippen molar-refractivity contribution in [1.29, 1.82) is 0 Å². The molecule has 0 saturated carbocycles. The highest BCUT2D eigenvalue weighted by Gasteiger charge is 2.12. The van der Waals surface area contributed by atoms with Gasteiger partial charge in [0.2, 0.25) is 0 Å². The number of carboxylic acids is 1. The first-order valence-corrected chi connectivity index (χ1v) is 7.55. The first-order valence-electron chi connectivity index (χ1n) is 7.55. The van der Waals surface area contributed by atoms with E-state index in [0.717, 1.165) is 16.9 Å². The van der Waals surface area contributed by atoms with Gasteiger partial charge in [0.1, 0.15) is 0 Å². The number of hydrogen-bond donors (Lipinski definition) is 1. The van der Waals surface area contributed by atoms with Crippen molar-refractivity contribution in [2.45, 2.75) is 13.8 Å². The highest BCUT2D eigenvalue weighted by Crippen LogP contribution is 2.22. The predicted octanol–water partition coefficient (Wildman–Crippen LogP) is 3.94. The van der Waals surface area contributed by atoms with Gasteiger partial charge in [0.05, 0.1) is 22.6 Å². The molecular formula is C19H17N3O2. The van der Waals surface area contributed by atoms with Crippen LogP contribution in [0.4, 0.5) is 5.69 Å². The monoisotopic (exact) mass is 319 g/mol. The molecule has 0 amide bonds. The van der Waals surface area contributed by atoms with Crippen molar-refractivity contribution in [2.75, 3.05) is 0 Å². The molecule has 1 heterocycles. The van der Waals surface area contributed by atoms with Crippen LogP contribution in [0.5, 0.6) is 0 Å². The fraction of sp³-hybridized carbons (Fsp3) is 0.105. The zero-order valence-corrected chi connectivity index (χ0v) is 13.5. The van der Waals surface area contributed by atoms with Crippen molar-refractivity contribution in [3.05, 3.63) is 77.1 Å². The van der Waals surface area contributed by atoms with Crippen LogP contribution in [0.3, 0.4) is 0 Å². The Morgan fingerprint density at radius 3 is 2.58 bits per heavy atom. The molecule has 120 valence electrons. The molecule has 0 bridgehead atoms. The van der Waals surface area contributed by atoms with Crippen molar-refractivity contribution < 1.29 is 9.90 Å². The standard InChI is InChI=1S/C19H17N3O2/c1-13-7-6-10-17(18(13)19(23)24)20-11-15-12-22(21-14(15)2)16-8-4-3-5-9-16/h3-12H,1-2H3,(H,23,24). The highest BCUT2D eigenvalue weighted by molar-refractivity contribution is 5.96. The highest BCUT2D eigenvalue weighted by atomic mass is 16.4. The molecule has 0 radical (unpaired) electrons.